The number of phenols is 1. The van der Waals surface area contributed by atoms with Gasteiger partial charge in [0.25, 0.3) is 5.91 Å². The van der Waals surface area contributed by atoms with Crippen LogP contribution in [0.1, 0.15) is 10.4 Å². The number of hydrogen-bond donors (Lipinski definition) is 1. The Balaban J connectivity index is 2.95. The van der Waals surface area contributed by atoms with Gasteiger partial charge < -0.3 is 10.0 Å². The Labute approximate surface area is 117 Å². The average Bonchev–Trinajstić information content (AvgIpc) is 2.29. The van der Waals surface area contributed by atoms with Crippen LogP contribution >= 0.6 is 23.2 Å². The number of alkyl halides is 4. The van der Waals surface area contributed by atoms with Crippen LogP contribution < -0.4 is 0 Å². The van der Waals surface area contributed by atoms with E-state index in [-0.39, 0.29) is 28.8 Å². The molecule has 8 heteroatoms. The molecular formula is C11H10Cl2F3NO2. The maximum absolute atomic E-state index is 12.3. The van der Waals surface area contributed by atoms with Crippen molar-refractivity contribution in [3.8, 4) is 5.75 Å². The Hall–Kier alpha value is -1.14. The highest BCUT2D eigenvalue weighted by Gasteiger charge is 2.33. The first-order valence-electron chi connectivity index (χ1n) is 5.15. The molecule has 1 N–H and O–H groups in total. The van der Waals surface area contributed by atoms with Gasteiger partial charge in [-0.2, -0.15) is 13.2 Å². The van der Waals surface area contributed by atoms with Gasteiger partial charge in [0.05, 0.1) is 5.02 Å². The van der Waals surface area contributed by atoms with E-state index in [1.165, 1.54) is 6.07 Å². The van der Waals surface area contributed by atoms with E-state index in [1.54, 1.807) is 0 Å². The molecule has 0 fully saturated rings. The molecule has 1 rings (SSSR count). The van der Waals surface area contributed by atoms with E-state index in [2.05, 4.69) is 0 Å². The quantitative estimate of drug-likeness (QED) is 0.866. The van der Waals surface area contributed by atoms with Crippen molar-refractivity contribution >= 4 is 29.1 Å². The Morgan fingerprint density at radius 3 is 2.47 bits per heavy atom. The number of halogens is 5. The highest BCUT2D eigenvalue weighted by molar-refractivity contribution is 6.32. The van der Waals surface area contributed by atoms with Gasteiger partial charge >= 0.3 is 6.18 Å². The van der Waals surface area contributed by atoms with Crippen molar-refractivity contribution in [3.05, 3.63) is 28.8 Å². The molecular weight excluding hydrogens is 306 g/mol. The van der Waals surface area contributed by atoms with E-state index in [0.717, 1.165) is 12.1 Å². The zero-order valence-corrected chi connectivity index (χ0v) is 11.1. The fourth-order valence-corrected chi connectivity index (χ4v) is 1.78. The third-order valence-electron chi connectivity index (χ3n) is 2.21. The van der Waals surface area contributed by atoms with Crippen LogP contribution in [0.4, 0.5) is 13.2 Å². The summed E-state index contributed by atoms with van der Waals surface area (Å²) in [6.45, 7) is -1.63. The number of aromatic hydroxyl groups is 1. The van der Waals surface area contributed by atoms with Crippen LogP contribution in [0.3, 0.4) is 0 Å². The first kappa shape index (κ1) is 15.9. The molecule has 0 unspecified atom stereocenters. The van der Waals surface area contributed by atoms with Gasteiger partial charge in [-0.15, -0.1) is 11.6 Å². The highest BCUT2D eigenvalue weighted by Crippen LogP contribution is 2.25. The van der Waals surface area contributed by atoms with Gasteiger partial charge in [0.15, 0.2) is 0 Å². The van der Waals surface area contributed by atoms with Crippen LogP contribution in [0.25, 0.3) is 0 Å². The topological polar surface area (TPSA) is 40.5 Å². The minimum absolute atomic E-state index is 0.0443. The van der Waals surface area contributed by atoms with Gasteiger partial charge in [-0.3, -0.25) is 4.79 Å². The summed E-state index contributed by atoms with van der Waals surface area (Å²) in [5.74, 6) is -1.22. The molecule has 0 aliphatic heterocycles. The zero-order valence-electron chi connectivity index (χ0n) is 9.55. The molecule has 1 amide bonds. The molecule has 0 bridgehead atoms. The number of carbonyl (C=O) groups excluding carboxylic acids is 1. The predicted octanol–water partition coefficient (Wildman–Crippen LogP) is 3.29. The van der Waals surface area contributed by atoms with Gasteiger partial charge in [0.2, 0.25) is 0 Å². The molecule has 0 radical (unpaired) electrons. The summed E-state index contributed by atoms with van der Waals surface area (Å²) in [7, 11) is 0. The van der Waals surface area contributed by atoms with E-state index in [1.807, 2.05) is 0 Å². The summed E-state index contributed by atoms with van der Waals surface area (Å²) in [6.07, 6.45) is -4.51. The third kappa shape index (κ3) is 4.80. The second-order valence-electron chi connectivity index (χ2n) is 3.70. The van der Waals surface area contributed by atoms with Gasteiger partial charge in [0, 0.05) is 18.0 Å². The van der Waals surface area contributed by atoms with Gasteiger partial charge in [-0.25, -0.2) is 0 Å². The summed E-state index contributed by atoms with van der Waals surface area (Å²) in [5, 5.41) is 9.09. The number of nitrogens with zero attached hydrogens (tertiary/aromatic N) is 1. The summed E-state index contributed by atoms with van der Waals surface area (Å²) < 4.78 is 37.0. The lowest BCUT2D eigenvalue weighted by molar-refractivity contribution is -0.140. The fourth-order valence-electron chi connectivity index (χ4n) is 1.39. The van der Waals surface area contributed by atoms with E-state index < -0.39 is 18.6 Å². The van der Waals surface area contributed by atoms with Crippen LogP contribution in [-0.2, 0) is 0 Å². The van der Waals surface area contributed by atoms with E-state index in [0.29, 0.717) is 4.90 Å². The smallest absolute Gasteiger partial charge is 0.406 e. The van der Waals surface area contributed by atoms with Crippen LogP contribution in [0.5, 0.6) is 5.75 Å². The van der Waals surface area contributed by atoms with Crippen LogP contribution in [-0.4, -0.2) is 41.1 Å². The average molecular weight is 316 g/mol. The predicted molar refractivity (Wildman–Crippen MR) is 65.8 cm³/mol. The number of carbonyl (C=O) groups is 1. The lowest BCUT2D eigenvalue weighted by Crippen LogP contribution is -2.40. The molecule has 106 valence electrons. The molecule has 0 saturated carbocycles. The number of rotatable bonds is 4. The molecule has 0 aromatic heterocycles. The number of benzene rings is 1. The fraction of sp³-hybridized carbons (Fsp3) is 0.364. The Kier molecular flexibility index (Phi) is 5.31. The third-order valence-corrected chi connectivity index (χ3v) is 2.68. The van der Waals surface area contributed by atoms with Crippen molar-refractivity contribution < 1.29 is 23.1 Å². The first-order valence-corrected chi connectivity index (χ1v) is 6.06. The van der Waals surface area contributed by atoms with Crippen LogP contribution in [0, 0.1) is 0 Å². The number of hydrogen-bond acceptors (Lipinski definition) is 2. The van der Waals surface area contributed by atoms with Gasteiger partial charge in [0.1, 0.15) is 12.3 Å². The van der Waals surface area contributed by atoms with Crippen molar-refractivity contribution in [1.82, 2.24) is 4.90 Å². The van der Waals surface area contributed by atoms with Crippen molar-refractivity contribution in [2.24, 2.45) is 0 Å². The maximum atomic E-state index is 12.3. The molecule has 1 aromatic rings. The van der Waals surface area contributed by atoms with Crippen molar-refractivity contribution in [3.63, 3.8) is 0 Å². The molecule has 0 aliphatic carbocycles. The second-order valence-corrected chi connectivity index (χ2v) is 4.48. The van der Waals surface area contributed by atoms with Crippen molar-refractivity contribution in [2.45, 2.75) is 6.18 Å². The zero-order chi connectivity index (χ0) is 14.6. The molecule has 1 aromatic carbocycles. The Morgan fingerprint density at radius 1 is 1.37 bits per heavy atom. The first-order chi connectivity index (χ1) is 8.74. The summed E-state index contributed by atoms with van der Waals surface area (Å²) >= 11 is 11.0. The molecule has 0 heterocycles. The van der Waals surface area contributed by atoms with Gasteiger partial charge in [-0.05, 0) is 18.2 Å². The molecule has 0 saturated heterocycles. The van der Waals surface area contributed by atoms with Gasteiger partial charge in [-0.1, -0.05) is 11.6 Å². The van der Waals surface area contributed by atoms with E-state index >= 15 is 0 Å². The summed E-state index contributed by atoms with van der Waals surface area (Å²) in [6, 6.07) is 3.44. The maximum Gasteiger partial charge on any atom is 0.406 e. The minimum Gasteiger partial charge on any atom is -0.506 e. The SMILES string of the molecule is O=C(c1ccc(O)c(Cl)c1)N(CCCl)CC(F)(F)F. The monoisotopic (exact) mass is 315 g/mol. The number of phenolic OH excluding ortho intramolecular Hbond substituents is 1. The minimum atomic E-state index is -4.51. The Bertz CT molecular complexity index is 466. The van der Waals surface area contributed by atoms with E-state index in [4.69, 9.17) is 23.2 Å². The van der Waals surface area contributed by atoms with Crippen LogP contribution in [0.2, 0.25) is 5.02 Å². The molecule has 3 nitrogen and oxygen atoms in total. The van der Waals surface area contributed by atoms with Crippen molar-refractivity contribution in [2.75, 3.05) is 19.0 Å². The summed E-state index contributed by atoms with van der Waals surface area (Å²) in [5.41, 5.74) is -0.0443. The summed E-state index contributed by atoms with van der Waals surface area (Å²) in [4.78, 5) is 12.5. The molecule has 0 aliphatic rings. The molecule has 19 heavy (non-hydrogen) atoms. The normalized spacial score (nSPS) is 11.4. The van der Waals surface area contributed by atoms with Crippen molar-refractivity contribution in [1.29, 1.82) is 0 Å². The lowest BCUT2D eigenvalue weighted by Gasteiger charge is -2.23. The molecule has 0 atom stereocenters. The van der Waals surface area contributed by atoms with E-state index in [9.17, 15) is 23.1 Å². The standard InChI is InChI=1S/C11H10Cl2F3NO2/c12-3-4-17(6-11(14,15)16)10(19)7-1-2-9(18)8(13)5-7/h1-2,5,18H,3-4,6H2. The second kappa shape index (κ2) is 6.34. The number of amides is 1. The lowest BCUT2D eigenvalue weighted by atomic mass is 10.2. The van der Waals surface area contributed by atoms with Crippen LogP contribution in [0.15, 0.2) is 18.2 Å². The largest absolute Gasteiger partial charge is 0.506 e. The Morgan fingerprint density at radius 2 is 2.00 bits per heavy atom. The molecule has 0 spiro atoms. The highest BCUT2D eigenvalue weighted by atomic mass is 35.5.